The number of hydrogen-bond acceptors (Lipinski definition) is 0. The minimum absolute atomic E-state index is 1.21. The van der Waals surface area contributed by atoms with Gasteiger partial charge in [-0.3, -0.25) is 0 Å². The van der Waals surface area contributed by atoms with E-state index in [9.17, 15) is 0 Å². The molecule has 0 aromatic heterocycles. The monoisotopic (exact) mass is 350 g/mol. The first-order valence-corrected chi connectivity index (χ1v) is 12.0. The third kappa shape index (κ3) is 23.7. The predicted molar refractivity (Wildman–Crippen MR) is 117 cm³/mol. The molecular formula is C25H50. The zero-order valence-corrected chi connectivity index (χ0v) is 17.8. The molecule has 0 amide bonds. The Kier molecular flexibility index (Phi) is 23.5. The molecule has 0 rings (SSSR count). The molecule has 0 bridgehead atoms. The van der Waals surface area contributed by atoms with Crippen LogP contribution in [-0.4, -0.2) is 0 Å². The van der Waals surface area contributed by atoms with E-state index in [1.54, 1.807) is 0 Å². The van der Waals surface area contributed by atoms with Crippen molar-refractivity contribution in [2.24, 2.45) is 0 Å². The summed E-state index contributed by atoms with van der Waals surface area (Å²) in [4.78, 5) is 0. The fraction of sp³-hybridized carbons (Fsp3) is 0.920. The Balaban J connectivity index is 2.95. The molecule has 0 aliphatic carbocycles. The predicted octanol–water partition coefficient (Wildman–Crippen LogP) is 9.77. The largest absolute Gasteiger partial charge is 0.103 e. The summed E-state index contributed by atoms with van der Waals surface area (Å²) in [5, 5.41) is 0. The Labute approximate surface area is 161 Å². The minimum atomic E-state index is 1.21. The lowest BCUT2D eigenvalue weighted by molar-refractivity contribution is 0.520. The number of hydrogen-bond donors (Lipinski definition) is 0. The first kappa shape index (κ1) is 24.7. The second-order valence-corrected chi connectivity index (χ2v) is 8.15. The van der Waals surface area contributed by atoms with E-state index in [1.807, 2.05) is 0 Å². The lowest BCUT2D eigenvalue weighted by Gasteiger charge is -2.04. The standard InChI is InChI=1S/C25H50/c1-3-5-7-9-11-13-15-17-19-21-23-25-24-22-20-18-16-14-12-10-8-6-4-2/h3H,1,4-25H2,2H3. The van der Waals surface area contributed by atoms with Gasteiger partial charge in [0.25, 0.3) is 0 Å². The van der Waals surface area contributed by atoms with E-state index < -0.39 is 0 Å². The third-order valence-electron chi connectivity index (χ3n) is 5.51. The van der Waals surface area contributed by atoms with E-state index in [1.165, 1.54) is 141 Å². The molecule has 0 saturated carbocycles. The normalized spacial score (nSPS) is 11.1. The van der Waals surface area contributed by atoms with Crippen molar-refractivity contribution in [3.05, 3.63) is 12.7 Å². The molecule has 0 heterocycles. The lowest BCUT2D eigenvalue weighted by Crippen LogP contribution is -1.84. The van der Waals surface area contributed by atoms with Crippen LogP contribution in [0.1, 0.15) is 148 Å². The summed E-state index contributed by atoms with van der Waals surface area (Å²) in [5.74, 6) is 0. The average Bonchev–Trinajstić information content (AvgIpc) is 2.63. The average molecular weight is 351 g/mol. The third-order valence-corrected chi connectivity index (χ3v) is 5.51. The van der Waals surface area contributed by atoms with Gasteiger partial charge in [-0.2, -0.15) is 0 Å². The van der Waals surface area contributed by atoms with E-state index >= 15 is 0 Å². The van der Waals surface area contributed by atoms with Gasteiger partial charge in [-0.15, -0.1) is 6.58 Å². The Morgan fingerprint density at radius 1 is 0.400 bits per heavy atom. The van der Waals surface area contributed by atoms with Crippen LogP contribution in [0.25, 0.3) is 0 Å². The second kappa shape index (κ2) is 23.7. The highest BCUT2D eigenvalue weighted by Gasteiger charge is 1.95. The van der Waals surface area contributed by atoms with Gasteiger partial charge >= 0.3 is 0 Å². The van der Waals surface area contributed by atoms with Crippen LogP contribution in [0, 0.1) is 0 Å². The van der Waals surface area contributed by atoms with Crippen LogP contribution in [0.4, 0.5) is 0 Å². The molecule has 150 valence electrons. The highest BCUT2D eigenvalue weighted by Crippen LogP contribution is 2.15. The molecular weight excluding hydrogens is 300 g/mol. The van der Waals surface area contributed by atoms with Crippen LogP contribution in [0.3, 0.4) is 0 Å². The summed E-state index contributed by atoms with van der Waals surface area (Å²) < 4.78 is 0. The molecule has 0 spiro atoms. The van der Waals surface area contributed by atoms with Crippen molar-refractivity contribution in [1.82, 2.24) is 0 Å². The van der Waals surface area contributed by atoms with Gasteiger partial charge in [-0.25, -0.2) is 0 Å². The molecule has 0 unspecified atom stereocenters. The molecule has 0 heteroatoms. The first-order chi connectivity index (χ1) is 12.4. The summed E-state index contributed by atoms with van der Waals surface area (Å²) in [6.45, 7) is 6.08. The van der Waals surface area contributed by atoms with Crippen molar-refractivity contribution in [1.29, 1.82) is 0 Å². The number of unbranched alkanes of at least 4 members (excludes halogenated alkanes) is 21. The van der Waals surface area contributed by atoms with Crippen molar-refractivity contribution < 1.29 is 0 Å². The van der Waals surface area contributed by atoms with Crippen LogP contribution >= 0.6 is 0 Å². The van der Waals surface area contributed by atoms with E-state index in [0.29, 0.717) is 0 Å². The molecule has 0 aromatic rings. The molecule has 25 heavy (non-hydrogen) atoms. The minimum Gasteiger partial charge on any atom is -0.103 e. The molecule has 0 nitrogen and oxygen atoms in total. The van der Waals surface area contributed by atoms with Gasteiger partial charge in [0.15, 0.2) is 0 Å². The van der Waals surface area contributed by atoms with Crippen LogP contribution in [0.15, 0.2) is 12.7 Å². The quantitative estimate of drug-likeness (QED) is 0.135. The van der Waals surface area contributed by atoms with E-state index in [2.05, 4.69) is 19.6 Å². The van der Waals surface area contributed by atoms with Crippen molar-refractivity contribution in [3.8, 4) is 0 Å². The Morgan fingerprint density at radius 3 is 0.880 bits per heavy atom. The highest BCUT2D eigenvalue weighted by atomic mass is 14.0. The Morgan fingerprint density at radius 2 is 0.640 bits per heavy atom. The van der Waals surface area contributed by atoms with Crippen LogP contribution in [-0.2, 0) is 0 Å². The summed E-state index contributed by atoms with van der Waals surface area (Å²) >= 11 is 0. The van der Waals surface area contributed by atoms with E-state index in [0.717, 1.165) is 0 Å². The maximum Gasteiger partial charge on any atom is -0.0353 e. The molecule has 0 aliphatic rings. The molecule has 0 fully saturated rings. The molecule has 0 radical (unpaired) electrons. The van der Waals surface area contributed by atoms with E-state index in [-0.39, 0.29) is 0 Å². The smallest absolute Gasteiger partial charge is 0.0353 e. The van der Waals surface area contributed by atoms with Crippen LogP contribution < -0.4 is 0 Å². The first-order valence-electron chi connectivity index (χ1n) is 12.0. The van der Waals surface area contributed by atoms with Crippen LogP contribution in [0.2, 0.25) is 0 Å². The Bertz CT molecular complexity index is 230. The van der Waals surface area contributed by atoms with Gasteiger partial charge < -0.3 is 0 Å². The molecule has 0 N–H and O–H groups in total. The maximum absolute atomic E-state index is 3.78. The van der Waals surface area contributed by atoms with Gasteiger partial charge in [-0.05, 0) is 12.8 Å². The maximum atomic E-state index is 3.78. The van der Waals surface area contributed by atoms with E-state index in [4.69, 9.17) is 0 Å². The van der Waals surface area contributed by atoms with Gasteiger partial charge in [0.2, 0.25) is 0 Å². The van der Waals surface area contributed by atoms with Crippen molar-refractivity contribution in [2.45, 2.75) is 148 Å². The van der Waals surface area contributed by atoms with Crippen molar-refractivity contribution in [2.75, 3.05) is 0 Å². The summed E-state index contributed by atoms with van der Waals surface area (Å²) in [6.07, 6.45) is 33.9. The fourth-order valence-corrected chi connectivity index (χ4v) is 3.72. The van der Waals surface area contributed by atoms with Gasteiger partial charge in [0.1, 0.15) is 0 Å². The molecule has 0 aromatic carbocycles. The second-order valence-electron chi connectivity index (χ2n) is 8.15. The fourth-order valence-electron chi connectivity index (χ4n) is 3.72. The topological polar surface area (TPSA) is 0 Å². The lowest BCUT2D eigenvalue weighted by atomic mass is 10.0. The van der Waals surface area contributed by atoms with Gasteiger partial charge in [0, 0.05) is 0 Å². The van der Waals surface area contributed by atoms with Crippen molar-refractivity contribution in [3.63, 3.8) is 0 Å². The molecule has 0 saturated heterocycles. The van der Waals surface area contributed by atoms with Gasteiger partial charge in [-0.1, -0.05) is 141 Å². The summed E-state index contributed by atoms with van der Waals surface area (Å²) in [7, 11) is 0. The number of rotatable bonds is 22. The Hall–Kier alpha value is -0.260. The zero-order chi connectivity index (χ0) is 18.3. The van der Waals surface area contributed by atoms with Crippen LogP contribution in [0.5, 0.6) is 0 Å². The highest BCUT2D eigenvalue weighted by molar-refractivity contribution is 4.65. The summed E-state index contributed by atoms with van der Waals surface area (Å²) in [6, 6.07) is 0. The zero-order valence-electron chi connectivity index (χ0n) is 17.8. The van der Waals surface area contributed by atoms with Gasteiger partial charge in [0.05, 0.1) is 0 Å². The SMILES string of the molecule is C=CCCCCCCCCCCCCCCCCCCCCCCC. The molecule has 0 aliphatic heterocycles. The summed E-state index contributed by atoms with van der Waals surface area (Å²) in [5.41, 5.74) is 0. The van der Waals surface area contributed by atoms with Crippen molar-refractivity contribution >= 4 is 0 Å². The molecule has 0 atom stereocenters. The number of allylic oxidation sites excluding steroid dienone is 1.